The number of nitrogens with two attached hydrogens (primary N) is 1. The lowest BCUT2D eigenvalue weighted by atomic mass is 9.79. The Bertz CT molecular complexity index is 329. The fourth-order valence-electron chi connectivity index (χ4n) is 2.58. The molecular weight excluding hydrogens is 246 g/mol. The highest BCUT2D eigenvalue weighted by atomic mass is 16.6. The summed E-state index contributed by atoms with van der Waals surface area (Å²) < 4.78 is 5.17. The van der Waals surface area contributed by atoms with Gasteiger partial charge >= 0.3 is 11.9 Å². The van der Waals surface area contributed by atoms with Crippen LogP contribution in [-0.4, -0.2) is 28.7 Å². The Morgan fingerprint density at radius 1 is 1.21 bits per heavy atom. The van der Waals surface area contributed by atoms with Crippen LogP contribution in [0.3, 0.4) is 0 Å². The number of carboxylic acids is 1. The molecule has 110 valence electrons. The second-order valence-corrected chi connectivity index (χ2v) is 6.32. The monoisotopic (exact) mass is 271 g/mol. The van der Waals surface area contributed by atoms with E-state index in [1.807, 2.05) is 0 Å². The number of carbonyl (C=O) groups excluding carboxylic acids is 1. The second-order valence-electron chi connectivity index (χ2n) is 6.32. The summed E-state index contributed by atoms with van der Waals surface area (Å²) in [7, 11) is 0. The summed E-state index contributed by atoms with van der Waals surface area (Å²) in [6.45, 7) is 5.15. The molecule has 2 unspecified atom stereocenters. The molecule has 0 amide bonds. The lowest BCUT2D eigenvalue weighted by Gasteiger charge is -2.31. The molecule has 0 radical (unpaired) electrons. The van der Waals surface area contributed by atoms with Crippen LogP contribution in [0.4, 0.5) is 0 Å². The normalized spacial score (nSPS) is 20.6. The molecule has 1 fully saturated rings. The van der Waals surface area contributed by atoms with Gasteiger partial charge < -0.3 is 15.6 Å². The molecule has 19 heavy (non-hydrogen) atoms. The van der Waals surface area contributed by atoms with Gasteiger partial charge in [0, 0.05) is 6.04 Å². The molecule has 0 aliphatic heterocycles. The molecule has 0 aromatic carbocycles. The smallest absolute Gasteiger partial charge is 0.322 e. The van der Waals surface area contributed by atoms with Crippen molar-refractivity contribution in [2.24, 2.45) is 17.6 Å². The molecular formula is C14H25NO4. The molecule has 5 nitrogen and oxygen atoms in total. The highest BCUT2D eigenvalue weighted by Gasteiger charge is 2.40. The van der Waals surface area contributed by atoms with Crippen LogP contribution in [0.1, 0.15) is 52.9 Å². The van der Waals surface area contributed by atoms with Gasteiger partial charge in [0.2, 0.25) is 0 Å². The SMILES string of the molecule is CC(C)(C)OC(=O)C(C(=O)O)C(N)C1CCCCC1. The van der Waals surface area contributed by atoms with Gasteiger partial charge in [0.25, 0.3) is 0 Å². The molecule has 0 saturated heterocycles. The molecule has 1 saturated carbocycles. The van der Waals surface area contributed by atoms with E-state index in [0.29, 0.717) is 0 Å². The minimum atomic E-state index is -1.26. The highest BCUT2D eigenvalue weighted by Crippen LogP contribution is 2.29. The first-order chi connectivity index (χ1) is 8.72. The van der Waals surface area contributed by atoms with Gasteiger partial charge in [-0.2, -0.15) is 0 Å². The molecule has 0 spiro atoms. The maximum atomic E-state index is 12.0. The molecule has 3 N–H and O–H groups in total. The molecule has 0 aromatic heterocycles. The lowest BCUT2D eigenvalue weighted by Crippen LogP contribution is -2.48. The van der Waals surface area contributed by atoms with E-state index >= 15 is 0 Å². The zero-order valence-corrected chi connectivity index (χ0v) is 12.0. The minimum Gasteiger partial charge on any atom is -0.481 e. The van der Waals surface area contributed by atoms with Crippen molar-refractivity contribution in [1.29, 1.82) is 0 Å². The Kier molecular flexibility index (Phi) is 5.35. The number of ether oxygens (including phenoxy) is 1. The summed E-state index contributed by atoms with van der Waals surface area (Å²) in [5.41, 5.74) is 5.33. The third-order valence-corrected chi connectivity index (χ3v) is 3.51. The Morgan fingerprint density at radius 2 is 1.74 bits per heavy atom. The van der Waals surface area contributed by atoms with E-state index in [-0.39, 0.29) is 5.92 Å². The Hall–Kier alpha value is -1.10. The van der Waals surface area contributed by atoms with E-state index in [2.05, 4.69) is 0 Å². The van der Waals surface area contributed by atoms with Crippen molar-refractivity contribution >= 4 is 11.9 Å². The van der Waals surface area contributed by atoms with Gasteiger partial charge in [-0.1, -0.05) is 19.3 Å². The van der Waals surface area contributed by atoms with Gasteiger partial charge in [0.05, 0.1) is 0 Å². The largest absolute Gasteiger partial charge is 0.481 e. The number of aliphatic carboxylic acids is 1. The van der Waals surface area contributed by atoms with Gasteiger partial charge in [-0.25, -0.2) is 0 Å². The van der Waals surface area contributed by atoms with Crippen LogP contribution in [0.2, 0.25) is 0 Å². The van der Waals surface area contributed by atoms with E-state index < -0.39 is 29.5 Å². The Balaban J connectivity index is 2.75. The number of esters is 1. The van der Waals surface area contributed by atoms with E-state index in [4.69, 9.17) is 10.5 Å². The fourth-order valence-corrected chi connectivity index (χ4v) is 2.58. The average Bonchev–Trinajstić information content (AvgIpc) is 2.27. The van der Waals surface area contributed by atoms with Crippen LogP contribution in [-0.2, 0) is 14.3 Å². The molecule has 1 aliphatic rings. The van der Waals surface area contributed by atoms with Crippen molar-refractivity contribution in [2.75, 3.05) is 0 Å². The summed E-state index contributed by atoms with van der Waals surface area (Å²) in [6.07, 6.45) is 5.06. The average molecular weight is 271 g/mol. The maximum Gasteiger partial charge on any atom is 0.322 e. The first kappa shape index (κ1) is 16.0. The van der Waals surface area contributed by atoms with Gasteiger partial charge in [-0.15, -0.1) is 0 Å². The summed E-state index contributed by atoms with van der Waals surface area (Å²) in [6, 6.07) is -0.660. The lowest BCUT2D eigenvalue weighted by molar-refractivity contribution is -0.168. The minimum absolute atomic E-state index is 0.0994. The third kappa shape index (κ3) is 4.82. The van der Waals surface area contributed by atoms with Crippen molar-refractivity contribution in [3.63, 3.8) is 0 Å². The molecule has 2 atom stereocenters. The summed E-state index contributed by atoms with van der Waals surface area (Å²) >= 11 is 0. The standard InChI is InChI=1S/C14H25NO4/c1-14(2,3)19-13(18)10(12(16)17)11(15)9-7-5-4-6-8-9/h9-11H,4-8,15H2,1-3H3,(H,16,17). The van der Waals surface area contributed by atoms with Gasteiger partial charge in [-0.05, 0) is 39.5 Å². The first-order valence-electron chi connectivity index (χ1n) is 6.93. The zero-order chi connectivity index (χ0) is 14.6. The van der Waals surface area contributed by atoms with Crippen molar-refractivity contribution in [3.8, 4) is 0 Å². The zero-order valence-electron chi connectivity index (χ0n) is 12.0. The number of rotatable bonds is 4. The Morgan fingerprint density at radius 3 is 2.16 bits per heavy atom. The summed E-state index contributed by atoms with van der Waals surface area (Å²) in [5, 5.41) is 9.26. The van der Waals surface area contributed by atoms with E-state index in [9.17, 15) is 14.7 Å². The van der Waals surface area contributed by atoms with Crippen molar-refractivity contribution in [1.82, 2.24) is 0 Å². The fraction of sp³-hybridized carbons (Fsp3) is 0.857. The molecule has 5 heteroatoms. The molecule has 1 aliphatic carbocycles. The molecule has 0 bridgehead atoms. The number of hydrogen-bond donors (Lipinski definition) is 2. The van der Waals surface area contributed by atoms with Crippen LogP contribution in [0.15, 0.2) is 0 Å². The topological polar surface area (TPSA) is 89.6 Å². The van der Waals surface area contributed by atoms with E-state index in [1.54, 1.807) is 20.8 Å². The molecule has 0 aromatic rings. The second kappa shape index (κ2) is 6.37. The van der Waals surface area contributed by atoms with Crippen LogP contribution < -0.4 is 5.73 Å². The maximum absolute atomic E-state index is 12.0. The molecule has 1 rings (SSSR count). The number of carbonyl (C=O) groups is 2. The van der Waals surface area contributed by atoms with Gasteiger partial charge in [0.15, 0.2) is 5.92 Å². The third-order valence-electron chi connectivity index (χ3n) is 3.51. The number of hydrogen-bond acceptors (Lipinski definition) is 4. The van der Waals surface area contributed by atoms with Crippen molar-refractivity contribution in [2.45, 2.75) is 64.5 Å². The quantitative estimate of drug-likeness (QED) is 0.602. The van der Waals surface area contributed by atoms with Crippen LogP contribution >= 0.6 is 0 Å². The van der Waals surface area contributed by atoms with Crippen molar-refractivity contribution < 1.29 is 19.4 Å². The first-order valence-corrected chi connectivity index (χ1v) is 6.93. The van der Waals surface area contributed by atoms with Gasteiger partial charge in [-0.3, -0.25) is 9.59 Å². The van der Waals surface area contributed by atoms with Crippen LogP contribution in [0, 0.1) is 11.8 Å². The Labute approximate surface area is 114 Å². The van der Waals surface area contributed by atoms with Crippen molar-refractivity contribution in [3.05, 3.63) is 0 Å². The van der Waals surface area contributed by atoms with E-state index in [0.717, 1.165) is 32.1 Å². The van der Waals surface area contributed by atoms with E-state index in [1.165, 1.54) is 0 Å². The predicted octanol–water partition coefficient (Wildman–Crippen LogP) is 1.94. The summed E-state index contributed by atoms with van der Waals surface area (Å²) in [4.78, 5) is 23.3. The summed E-state index contributed by atoms with van der Waals surface area (Å²) in [5.74, 6) is -3.07. The van der Waals surface area contributed by atoms with Crippen LogP contribution in [0.25, 0.3) is 0 Å². The van der Waals surface area contributed by atoms with Gasteiger partial charge in [0.1, 0.15) is 5.60 Å². The van der Waals surface area contributed by atoms with Crippen LogP contribution in [0.5, 0.6) is 0 Å². The molecule has 0 heterocycles. The number of carboxylic acid groups (broad SMARTS) is 1. The predicted molar refractivity (Wildman–Crippen MR) is 71.5 cm³/mol. The highest BCUT2D eigenvalue weighted by molar-refractivity contribution is 5.95.